The molecule has 0 bridgehead atoms. The minimum absolute atomic E-state index is 0. The van der Waals surface area contributed by atoms with Crippen LogP contribution in [0.5, 0.6) is 0 Å². The van der Waals surface area contributed by atoms with Crippen LogP contribution in [0.2, 0.25) is 0 Å². The van der Waals surface area contributed by atoms with Gasteiger partial charge in [-0.05, 0) is 13.5 Å². The molecule has 15 heteroatoms. The van der Waals surface area contributed by atoms with Gasteiger partial charge in [0.25, 0.3) is 0 Å². The van der Waals surface area contributed by atoms with Gasteiger partial charge in [-0.2, -0.15) is 0 Å². The molecule has 2 N–H and O–H groups in total. The third-order valence-electron chi connectivity index (χ3n) is 2.50. The van der Waals surface area contributed by atoms with Crippen LogP contribution < -0.4 is 14.7 Å². The van der Waals surface area contributed by atoms with Gasteiger partial charge in [0, 0.05) is 138 Å². The molecule has 0 aliphatic rings. The average molecular weight is 668 g/mol. The minimum Gasteiger partial charge on any atom is -0.448 e. The summed E-state index contributed by atoms with van der Waals surface area (Å²) in [5.74, 6) is -0.381. The molecule has 0 saturated heterocycles. The molecule has 2 amide bonds. The number of amides is 2. The summed E-state index contributed by atoms with van der Waals surface area (Å²) in [6.45, 7) is 0.660. The second kappa shape index (κ2) is 20.3. The number of hydrogen-bond donors (Lipinski definition) is 2. The molecular weight excluding hydrogens is 652 g/mol. The van der Waals surface area contributed by atoms with Crippen LogP contribution in [0.3, 0.4) is 0 Å². The largest absolute Gasteiger partial charge is 0.448 e. The zero-order valence-electron chi connectivity index (χ0n) is 14.4. The van der Waals surface area contributed by atoms with E-state index in [9.17, 15) is 14.7 Å². The van der Waals surface area contributed by atoms with E-state index in [1.807, 2.05) is 0 Å². The number of aliphatic hydroxyl groups excluding tert-OH is 2. The van der Waals surface area contributed by atoms with Crippen LogP contribution in [-0.4, -0.2) is 71.8 Å². The number of methoxy groups -OCH3 is 1. The molecular formula is C11H16N6O5Y4-2. The minimum atomic E-state index is -0.716. The summed E-state index contributed by atoms with van der Waals surface area (Å²) < 4.78 is 4.89. The number of carbonyl (C=O) groups excluding carboxylic acids is 2. The molecule has 0 aromatic carbocycles. The van der Waals surface area contributed by atoms with Crippen molar-refractivity contribution in [1.29, 1.82) is 0 Å². The van der Waals surface area contributed by atoms with Crippen LogP contribution in [0.4, 0.5) is 17.8 Å². The average Bonchev–Trinajstić information content (AvgIpc) is 2.55. The molecule has 1 aromatic rings. The summed E-state index contributed by atoms with van der Waals surface area (Å²) in [4.78, 5) is 36.5. The zero-order chi connectivity index (χ0) is 16.5. The molecule has 0 aliphatic heterocycles. The number of rotatable bonds is 10. The Morgan fingerprint density at radius 3 is 1.69 bits per heavy atom. The van der Waals surface area contributed by atoms with Gasteiger partial charge in [0.1, 0.15) is 13.5 Å². The third-order valence-corrected chi connectivity index (χ3v) is 2.50. The Kier molecular flexibility index (Phi) is 27.7. The van der Waals surface area contributed by atoms with Gasteiger partial charge in [-0.15, -0.1) is 0 Å². The second-order valence-corrected chi connectivity index (χ2v) is 3.83. The van der Waals surface area contributed by atoms with Crippen molar-refractivity contribution in [1.82, 2.24) is 15.0 Å². The van der Waals surface area contributed by atoms with Crippen molar-refractivity contribution in [2.45, 2.75) is 6.92 Å². The number of hydrogen-bond acceptors (Lipinski definition) is 9. The zero-order valence-corrected chi connectivity index (χ0v) is 25.8. The van der Waals surface area contributed by atoms with Gasteiger partial charge < -0.3 is 39.3 Å². The molecule has 134 valence electrons. The molecule has 0 aliphatic carbocycles. The Labute approximate surface area is 252 Å². The summed E-state index contributed by atoms with van der Waals surface area (Å²) in [5.41, 5.74) is 0. The Morgan fingerprint density at radius 1 is 0.885 bits per heavy atom. The van der Waals surface area contributed by atoms with Gasteiger partial charge in [0.15, 0.2) is 5.95 Å². The van der Waals surface area contributed by atoms with Crippen LogP contribution in [0.15, 0.2) is 0 Å². The van der Waals surface area contributed by atoms with Crippen LogP contribution in [0.1, 0.15) is 6.92 Å². The van der Waals surface area contributed by atoms with E-state index >= 15 is 0 Å². The molecule has 0 fully saturated rings. The van der Waals surface area contributed by atoms with Gasteiger partial charge in [-0.1, -0.05) is 0 Å². The number of nitrogens with zero attached hydrogens (tertiary/aromatic N) is 6. The Bertz CT molecular complexity index is 484. The molecule has 0 spiro atoms. The molecule has 26 heavy (non-hydrogen) atoms. The summed E-state index contributed by atoms with van der Waals surface area (Å²) in [7, 11) is 1.41. The Hall–Kier alpha value is 2.05. The van der Waals surface area contributed by atoms with Crippen molar-refractivity contribution in [2.75, 3.05) is 48.5 Å². The van der Waals surface area contributed by atoms with Crippen molar-refractivity contribution in [3.05, 3.63) is 0 Å². The molecule has 4 radical (unpaired) electrons. The van der Waals surface area contributed by atoms with Crippen LogP contribution in [0.25, 0.3) is 0 Å². The van der Waals surface area contributed by atoms with E-state index in [-0.39, 0.29) is 162 Å². The van der Waals surface area contributed by atoms with E-state index in [2.05, 4.69) is 15.0 Å². The van der Waals surface area contributed by atoms with Crippen molar-refractivity contribution in [3.63, 3.8) is 0 Å². The van der Waals surface area contributed by atoms with Crippen molar-refractivity contribution >= 4 is 30.7 Å². The number of aromatic nitrogens is 3. The van der Waals surface area contributed by atoms with Crippen LogP contribution >= 0.6 is 0 Å². The van der Waals surface area contributed by atoms with Gasteiger partial charge in [0.05, 0.1) is 31.4 Å². The van der Waals surface area contributed by atoms with Gasteiger partial charge in [-0.3, -0.25) is 14.9 Å². The first-order valence-corrected chi connectivity index (χ1v) is 6.17. The SMILES string of the molecule is CCN([C-]=O)c1nc(N([C-]=O)CO)nc(N(CO)COC)n1.[Y].[Y].[Y].[Y]. The summed E-state index contributed by atoms with van der Waals surface area (Å²) in [6, 6.07) is 0. The van der Waals surface area contributed by atoms with Crippen molar-refractivity contribution in [3.8, 4) is 0 Å². The molecule has 0 saturated carbocycles. The summed E-state index contributed by atoms with van der Waals surface area (Å²) >= 11 is 0. The number of ether oxygens (including phenoxy) is 1. The van der Waals surface area contributed by atoms with Crippen LogP contribution in [-0.2, 0) is 145 Å². The monoisotopic (exact) mass is 668 g/mol. The Morgan fingerprint density at radius 2 is 1.35 bits per heavy atom. The van der Waals surface area contributed by atoms with E-state index in [1.165, 1.54) is 18.4 Å². The van der Waals surface area contributed by atoms with Crippen molar-refractivity contribution < 1.29 is 155 Å². The fourth-order valence-electron chi connectivity index (χ4n) is 1.42. The standard InChI is InChI=1S/C11H16N6O5.4Y/c1-3-15(4-18)9-12-10(16(5-19)6-20)14-11(13-9)17(7-21)8-22-2;;;;/h19,21H,3,5,7-8H2,1-2H3;;;;/q-2;;;;. The second-order valence-electron chi connectivity index (χ2n) is 3.83. The molecule has 1 rings (SSSR count). The van der Waals surface area contributed by atoms with Gasteiger partial charge in [0.2, 0.25) is 0 Å². The predicted molar refractivity (Wildman–Crippen MR) is 75.2 cm³/mol. The topological polar surface area (TPSA) is 132 Å². The fourth-order valence-corrected chi connectivity index (χ4v) is 1.42. The van der Waals surface area contributed by atoms with E-state index in [4.69, 9.17) is 9.84 Å². The molecule has 1 heterocycles. The third kappa shape index (κ3) is 10.7. The molecule has 0 atom stereocenters. The van der Waals surface area contributed by atoms with Crippen LogP contribution in [0, 0.1) is 0 Å². The maximum atomic E-state index is 10.9. The van der Waals surface area contributed by atoms with E-state index in [1.54, 1.807) is 13.3 Å². The normalized spacial score (nSPS) is 8.62. The van der Waals surface area contributed by atoms with Gasteiger partial charge >= 0.3 is 0 Å². The van der Waals surface area contributed by atoms with Gasteiger partial charge in [-0.25, -0.2) is 0 Å². The summed E-state index contributed by atoms with van der Waals surface area (Å²) in [5, 5.41) is 18.4. The molecule has 11 nitrogen and oxygen atoms in total. The maximum Gasteiger partial charge on any atom is 0.198 e. The fraction of sp³-hybridized carbons (Fsp3) is 0.545. The molecule has 0 unspecified atom stereocenters. The van der Waals surface area contributed by atoms with Crippen molar-refractivity contribution in [2.24, 2.45) is 0 Å². The predicted octanol–water partition coefficient (Wildman–Crippen LogP) is -2.06. The smallest absolute Gasteiger partial charge is 0.198 e. The van der Waals surface area contributed by atoms with E-state index in [0.29, 0.717) is 4.90 Å². The number of aliphatic hydroxyl groups is 2. The summed E-state index contributed by atoms with van der Waals surface area (Å²) in [6.07, 6.45) is 3.06. The van der Waals surface area contributed by atoms with E-state index < -0.39 is 13.5 Å². The quantitative estimate of drug-likeness (QED) is 0.164. The molecule has 1 aromatic heterocycles. The number of anilines is 3. The Balaban J connectivity index is -0.000000605. The first kappa shape index (κ1) is 35.5. The first-order valence-electron chi connectivity index (χ1n) is 6.17. The maximum absolute atomic E-state index is 10.9. The van der Waals surface area contributed by atoms with E-state index in [0.717, 1.165) is 4.90 Å². The first-order chi connectivity index (χ1) is 10.6.